The van der Waals surface area contributed by atoms with Crippen molar-refractivity contribution in [2.45, 2.75) is 65.2 Å². The van der Waals surface area contributed by atoms with E-state index in [9.17, 15) is 9.59 Å². The molecule has 0 aliphatic rings. The lowest BCUT2D eigenvalue weighted by atomic mass is 10.1. The molecule has 0 fully saturated rings. The van der Waals surface area contributed by atoms with Crippen molar-refractivity contribution in [2.75, 3.05) is 0 Å². The number of alkyl carbamates (subject to hydrolysis) is 1. The molecule has 0 heterocycles. The summed E-state index contributed by atoms with van der Waals surface area (Å²) in [5.74, 6) is -0.320. The van der Waals surface area contributed by atoms with Gasteiger partial charge in [-0.3, -0.25) is 4.79 Å². The maximum absolute atomic E-state index is 11.9. The Kier molecular flexibility index (Phi) is 7.59. The Balaban J connectivity index is 2.44. The molecule has 0 aliphatic carbocycles. The van der Waals surface area contributed by atoms with Crippen LogP contribution in [0.1, 0.15) is 52.5 Å². The van der Waals surface area contributed by atoms with Gasteiger partial charge in [-0.2, -0.15) is 0 Å². The number of rotatable bonds is 7. The summed E-state index contributed by atoms with van der Waals surface area (Å²) in [7, 11) is 0. The topological polar surface area (TPSA) is 64.6 Å². The molecule has 0 unspecified atom stereocenters. The van der Waals surface area contributed by atoms with Gasteiger partial charge in [-0.25, -0.2) is 4.79 Å². The fourth-order valence-electron chi connectivity index (χ4n) is 2.09. The molecule has 0 aliphatic heterocycles. The Bertz CT molecular complexity index is 493. The molecular formula is C18H27NO4. The van der Waals surface area contributed by atoms with Crippen molar-refractivity contribution in [3.05, 3.63) is 35.9 Å². The maximum atomic E-state index is 11.9. The third-order valence-corrected chi connectivity index (χ3v) is 3.00. The molecule has 1 rings (SSSR count). The van der Waals surface area contributed by atoms with Crippen LogP contribution in [0.5, 0.6) is 0 Å². The van der Waals surface area contributed by atoms with Gasteiger partial charge in [0.15, 0.2) is 0 Å². The van der Waals surface area contributed by atoms with E-state index in [-0.39, 0.29) is 25.0 Å². The van der Waals surface area contributed by atoms with E-state index < -0.39 is 11.7 Å². The average molecular weight is 321 g/mol. The molecule has 0 bridgehead atoms. The van der Waals surface area contributed by atoms with Crippen molar-refractivity contribution in [3.8, 4) is 0 Å². The lowest BCUT2D eigenvalue weighted by Gasteiger charge is -2.22. The predicted octanol–water partition coefficient (Wildman–Crippen LogP) is 3.81. The van der Waals surface area contributed by atoms with Crippen LogP contribution in [0.2, 0.25) is 0 Å². The minimum Gasteiger partial charge on any atom is -0.460 e. The third kappa shape index (κ3) is 8.86. The van der Waals surface area contributed by atoms with E-state index in [1.807, 2.05) is 58.0 Å². The SMILES string of the molecule is CCC[C@H](CC(=O)OC(C)(C)C)NC(=O)OCc1ccccc1. The predicted molar refractivity (Wildman–Crippen MR) is 88.9 cm³/mol. The highest BCUT2D eigenvalue weighted by atomic mass is 16.6. The van der Waals surface area contributed by atoms with Crippen molar-refractivity contribution in [1.82, 2.24) is 5.32 Å². The van der Waals surface area contributed by atoms with E-state index in [0.29, 0.717) is 6.42 Å². The molecule has 5 heteroatoms. The first-order valence-corrected chi connectivity index (χ1v) is 7.99. The van der Waals surface area contributed by atoms with E-state index in [0.717, 1.165) is 12.0 Å². The lowest BCUT2D eigenvalue weighted by molar-refractivity contribution is -0.155. The molecule has 23 heavy (non-hydrogen) atoms. The number of carbonyl (C=O) groups excluding carboxylic acids is 2. The Morgan fingerprint density at radius 2 is 1.83 bits per heavy atom. The maximum Gasteiger partial charge on any atom is 0.407 e. The Morgan fingerprint density at radius 1 is 1.17 bits per heavy atom. The summed E-state index contributed by atoms with van der Waals surface area (Å²) in [5.41, 5.74) is 0.392. The molecule has 0 radical (unpaired) electrons. The first kappa shape index (κ1) is 19.0. The van der Waals surface area contributed by atoms with Crippen LogP contribution >= 0.6 is 0 Å². The summed E-state index contributed by atoms with van der Waals surface area (Å²) in [5, 5.41) is 2.74. The second-order valence-corrected chi connectivity index (χ2v) is 6.48. The van der Waals surface area contributed by atoms with Crippen molar-refractivity contribution in [2.24, 2.45) is 0 Å². The smallest absolute Gasteiger partial charge is 0.407 e. The van der Waals surface area contributed by atoms with Crippen molar-refractivity contribution < 1.29 is 19.1 Å². The van der Waals surface area contributed by atoms with Crippen LogP contribution in [0.3, 0.4) is 0 Å². The lowest BCUT2D eigenvalue weighted by Crippen LogP contribution is -2.38. The average Bonchev–Trinajstić information content (AvgIpc) is 2.44. The van der Waals surface area contributed by atoms with Gasteiger partial charge in [0.2, 0.25) is 0 Å². The highest BCUT2D eigenvalue weighted by Gasteiger charge is 2.21. The second kappa shape index (κ2) is 9.18. The van der Waals surface area contributed by atoms with Gasteiger partial charge in [0.05, 0.1) is 6.42 Å². The summed E-state index contributed by atoms with van der Waals surface area (Å²) in [4.78, 5) is 23.8. The van der Waals surface area contributed by atoms with Crippen LogP contribution in [0.25, 0.3) is 0 Å². The molecule has 1 atom stereocenters. The molecule has 0 saturated heterocycles. The number of nitrogens with one attached hydrogen (secondary N) is 1. The normalized spacial score (nSPS) is 12.3. The summed E-state index contributed by atoms with van der Waals surface area (Å²) in [6.45, 7) is 7.67. The molecule has 0 spiro atoms. The highest BCUT2D eigenvalue weighted by Crippen LogP contribution is 2.11. The van der Waals surface area contributed by atoms with Gasteiger partial charge in [0, 0.05) is 6.04 Å². The Morgan fingerprint density at radius 3 is 2.39 bits per heavy atom. The molecule has 1 aromatic carbocycles. The van der Waals surface area contributed by atoms with E-state index >= 15 is 0 Å². The Hall–Kier alpha value is -2.04. The minimum absolute atomic E-state index is 0.144. The molecule has 128 valence electrons. The van der Waals surface area contributed by atoms with Gasteiger partial charge in [-0.15, -0.1) is 0 Å². The number of amides is 1. The summed E-state index contributed by atoms with van der Waals surface area (Å²) >= 11 is 0. The third-order valence-electron chi connectivity index (χ3n) is 3.00. The van der Waals surface area contributed by atoms with Crippen molar-refractivity contribution in [3.63, 3.8) is 0 Å². The van der Waals surface area contributed by atoms with E-state index in [1.165, 1.54) is 0 Å². The zero-order chi connectivity index (χ0) is 17.3. The largest absolute Gasteiger partial charge is 0.460 e. The first-order valence-electron chi connectivity index (χ1n) is 7.99. The van der Waals surface area contributed by atoms with Crippen molar-refractivity contribution >= 4 is 12.1 Å². The van der Waals surface area contributed by atoms with E-state index in [4.69, 9.17) is 9.47 Å². The van der Waals surface area contributed by atoms with Crippen LogP contribution in [0.15, 0.2) is 30.3 Å². The first-order chi connectivity index (χ1) is 10.8. The standard InChI is InChI=1S/C18H27NO4/c1-5-9-15(12-16(20)23-18(2,3)4)19-17(21)22-13-14-10-7-6-8-11-14/h6-8,10-11,15H,5,9,12-13H2,1-4H3,(H,19,21)/t15-/m1/s1. The monoisotopic (exact) mass is 321 g/mol. The minimum atomic E-state index is -0.526. The van der Waals surface area contributed by atoms with Gasteiger partial charge in [-0.1, -0.05) is 43.7 Å². The fraction of sp³-hybridized carbons (Fsp3) is 0.556. The quantitative estimate of drug-likeness (QED) is 0.776. The summed E-state index contributed by atoms with van der Waals surface area (Å²) in [6, 6.07) is 9.17. The molecule has 0 saturated carbocycles. The van der Waals surface area contributed by atoms with Gasteiger partial charge < -0.3 is 14.8 Å². The number of ether oxygens (including phenoxy) is 2. The van der Waals surface area contributed by atoms with Gasteiger partial charge in [-0.05, 0) is 32.8 Å². The van der Waals surface area contributed by atoms with Crippen LogP contribution in [0, 0.1) is 0 Å². The zero-order valence-corrected chi connectivity index (χ0v) is 14.4. The summed E-state index contributed by atoms with van der Waals surface area (Å²) < 4.78 is 10.5. The second-order valence-electron chi connectivity index (χ2n) is 6.48. The molecule has 1 N–H and O–H groups in total. The van der Waals surface area contributed by atoms with E-state index in [1.54, 1.807) is 0 Å². The number of hydrogen-bond donors (Lipinski definition) is 1. The number of hydrogen-bond acceptors (Lipinski definition) is 4. The molecule has 1 amide bonds. The van der Waals surface area contributed by atoms with Crippen LogP contribution < -0.4 is 5.32 Å². The summed E-state index contributed by atoms with van der Waals surface area (Å²) in [6.07, 6.45) is 1.17. The Labute approximate surface area is 138 Å². The number of carbonyl (C=O) groups is 2. The van der Waals surface area contributed by atoms with Crippen LogP contribution in [-0.2, 0) is 20.9 Å². The number of benzene rings is 1. The van der Waals surface area contributed by atoms with Gasteiger partial charge in [0.1, 0.15) is 12.2 Å². The van der Waals surface area contributed by atoms with Gasteiger partial charge >= 0.3 is 12.1 Å². The van der Waals surface area contributed by atoms with E-state index in [2.05, 4.69) is 5.32 Å². The van der Waals surface area contributed by atoms with Crippen LogP contribution in [0.4, 0.5) is 4.79 Å². The van der Waals surface area contributed by atoms with Gasteiger partial charge in [0.25, 0.3) is 0 Å². The molecule has 1 aromatic rings. The highest BCUT2D eigenvalue weighted by molar-refractivity contribution is 5.73. The fourth-order valence-corrected chi connectivity index (χ4v) is 2.09. The molecule has 5 nitrogen and oxygen atoms in total. The molecular weight excluding hydrogens is 294 g/mol. The molecule has 0 aromatic heterocycles. The van der Waals surface area contributed by atoms with Crippen molar-refractivity contribution in [1.29, 1.82) is 0 Å². The number of esters is 1. The zero-order valence-electron chi connectivity index (χ0n) is 14.4. The van der Waals surface area contributed by atoms with Crippen LogP contribution in [-0.4, -0.2) is 23.7 Å².